The lowest BCUT2D eigenvalue weighted by Crippen LogP contribution is -2.53. The second-order valence-electron chi connectivity index (χ2n) is 8.06. The topological polar surface area (TPSA) is 94.1 Å². The minimum absolute atomic E-state index is 0. The van der Waals surface area contributed by atoms with Crippen LogP contribution in [0.3, 0.4) is 0 Å². The highest BCUT2D eigenvalue weighted by Gasteiger charge is 2.36. The maximum absolute atomic E-state index is 13.1. The van der Waals surface area contributed by atoms with Crippen LogP contribution in [-0.2, 0) is 7.05 Å². The summed E-state index contributed by atoms with van der Waals surface area (Å²) >= 11 is 1.29. The zero-order chi connectivity index (χ0) is 20.1. The van der Waals surface area contributed by atoms with Crippen LogP contribution in [0.1, 0.15) is 46.9 Å². The summed E-state index contributed by atoms with van der Waals surface area (Å²) in [5.41, 5.74) is 8.64. The lowest BCUT2D eigenvalue weighted by molar-refractivity contribution is 0.0536. The van der Waals surface area contributed by atoms with Gasteiger partial charge >= 0.3 is 0 Å². The van der Waals surface area contributed by atoms with Crippen molar-refractivity contribution in [3.8, 4) is 10.6 Å². The maximum Gasteiger partial charge on any atom is 0.277 e. The summed E-state index contributed by atoms with van der Waals surface area (Å²) in [6.07, 6.45) is 0.784. The fraction of sp³-hybridized carbons (Fsp3) is 0.579. The lowest BCUT2D eigenvalue weighted by Gasteiger charge is -2.42. The van der Waals surface area contributed by atoms with Gasteiger partial charge in [0.1, 0.15) is 9.88 Å². The second kappa shape index (κ2) is 9.12. The number of carbonyl (C=O) groups is 1. The van der Waals surface area contributed by atoms with Gasteiger partial charge in [0, 0.05) is 26.2 Å². The van der Waals surface area contributed by atoms with E-state index in [2.05, 4.69) is 23.9 Å². The maximum atomic E-state index is 13.1. The van der Waals surface area contributed by atoms with Crippen molar-refractivity contribution in [2.45, 2.75) is 47.1 Å². The molecule has 2 N–H and O–H groups in total. The van der Waals surface area contributed by atoms with Crippen LogP contribution in [0.5, 0.6) is 0 Å². The number of thiazole rings is 1. The molecule has 0 spiro atoms. The molecule has 0 saturated carbocycles. The molecule has 1 aliphatic rings. The highest BCUT2D eigenvalue weighted by Crippen LogP contribution is 2.32. The SMILES string of the molecule is Cc1nc(-c2c(C)c(C)nn(C)c2=O)sc1C(=O)N1CCC(N)C(C)(C)C1.Cl.Cl. The van der Waals surface area contributed by atoms with Crippen molar-refractivity contribution in [2.24, 2.45) is 18.2 Å². The molecule has 1 atom stereocenters. The summed E-state index contributed by atoms with van der Waals surface area (Å²) in [5, 5.41) is 4.79. The highest BCUT2D eigenvalue weighted by atomic mass is 35.5. The zero-order valence-corrected chi connectivity index (χ0v) is 20.1. The van der Waals surface area contributed by atoms with Gasteiger partial charge in [0.2, 0.25) is 0 Å². The van der Waals surface area contributed by atoms with Crippen molar-refractivity contribution in [2.75, 3.05) is 13.1 Å². The van der Waals surface area contributed by atoms with Crippen molar-refractivity contribution < 1.29 is 4.79 Å². The van der Waals surface area contributed by atoms with Crippen LogP contribution in [-0.4, -0.2) is 44.7 Å². The van der Waals surface area contributed by atoms with E-state index in [0.29, 0.717) is 34.2 Å². The molecule has 1 saturated heterocycles. The summed E-state index contributed by atoms with van der Waals surface area (Å²) in [4.78, 5) is 32.7. The first-order valence-corrected chi connectivity index (χ1v) is 9.91. The van der Waals surface area contributed by atoms with Crippen molar-refractivity contribution in [1.82, 2.24) is 19.7 Å². The highest BCUT2D eigenvalue weighted by molar-refractivity contribution is 7.17. The van der Waals surface area contributed by atoms with E-state index < -0.39 is 0 Å². The molecule has 3 heterocycles. The standard InChI is InChI=1S/C19H27N5O2S.2ClH/c1-10-11(2)22-23(6)17(25)14(10)16-21-12(3)15(27-16)18(26)24-8-7-13(20)19(4,5)9-24;;/h13H,7-9,20H2,1-6H3;2*1H. The number of amides is 1. The molecule has 162 valence electrons. The Morgan fingerprint density at radius 3 is 2.41 bits per heavy atom. The number of nitrogens with two attached hydrogens (primary N) is 1. The van der Waals surface area contributed by atoms with Gasteiger partial charge in [0.15, 0.2) is 0 Å². The predicted octanol–water partition coefficient (Wildman–Crippen LogP) is 2.87. The summed E-state index contributed by atoms with van der Waals surface area (Å²) in [5.74, 6) is -0.0310. The van der Waals surface area contributed by atoms with E-state index in [1.807, 2.05) is 25.7 Å². The number of aryl methyl sites for hydroxylation is 3. The number of aromatic nitrogens is 3. The first-order valence-electron chi connectivity index (χ1n) is 9.10. The first-order chi connectivity index (χ1) is 12.5. The minimum atomic E-state index is -0.198. The summed E-state index contributed by atoms with van der Waals surface area (Å²) < 4.78 is 1.32. The molecular weight excluding hydrogens is 433 g/mol. The van der Waals surface area contributed by atoms with E-state index in [0.717, 1.165) is 17.7 Å². The van der Waals surface area contributed by atoms with Gasteiger partial charge in [-0.3, -0.25) is 9.59 Å². The van der Waals surface area contributed by atoms with Crippen LogP contribution in [0, 0.1) is 26.2 Å². The Hall–Kier alpha value is -1.48. The molecule has 7 nitrogen and oxygen atoms in total. The third kappa shape index (κ3) is 4.66. The van der Waals surface area contributed by atoms with Gasteiger partial charge in [-0.25, -0.2) is 9.67 Å². The number of hydrogen-bond donors (Lipinski definition) is 1. The minimum Gasteiger partial charge on any atom is -0.337 e. The van der Waals surface area contributed by atoms with E-state index in [1.165, 1.54) is 16.0 Å². The van der Waals surface area contributed by atoms with Crippen LogP contribution in [0.4, 0.5) is 0 Å². The van der Waals surface area contributed by atoms with Gasteiger partial charge in [-0.15, -0.1) is 36.2 Å². The Bertz CT molecular complexity index is 970. The van der Waals surface area contributed by atoms with E-state index in [1.54, 1.807) is 7.05 Å². The van der Waals surface area contributed by atoms with Crippen LogP contribution in [0.2, 0.25) is 0 Å². The van der Waals surface area contributed by atoms with Crippen molar-refractivity contribution in [3.63, 3.8) is 0 Å². The fourth-order valence-corrected chi connectivity index (χ4v) is 4.62. The van der Waals surface area contributed by atoms with Gasteiger partial charge in [0.05, 0.1) is 17.0 Å². The number of halogens is 2. The number of rotatable bonds is 2. The normalized spacial score (nSPS) is 18.0. The Kier molecular flexibility index (Phi) is 8.04. The average molecular weight is 462 g/mol. The van der Waals surface area contributed by atoms with Crippen molar-refractivity contribution in [3.05, 3.63) is 32.2 Å². The lowest BCUT2D eigenvalue weighted by atomic mass is 9.79. The van der Waals surface area contributed by atoms with Gasteiger partial charge < -0.3 is 10.6 Å². The average Bonchev–Trinajstić information content (AvgIpc) is 2.96. The van der Waals surface area contributed by atoms with Crippen molar-refractivity contribution in [1.29, 1.82) is 0 Å². The largest absolute Gasteiger partial charge is 0.337 e. The van der Waals surface area contributed by atoms with E-state index >= 15 is 0 Å². The summed E-state index contributed by atoms with van der Waals surface area (Å²) in [6, 6.07) is 0.0881. The molecule has 2 aromatic rings. The Balaban J connectivity index is 0.00000210. The number of piperidine rings is 1. The van der Waals surface area contributed by atoms with Crippen LogP contribution < -0.4 is 11.3 Å². The molecule has 10 heteroatoms. The van der Waals surface area contributed by atoms with Crippen LogP contribution in [0.15, 0.2) is 4.79 Å². The fourth-order valence-electron chi connectivity index (χ4n) is 3.49. The number of likely N-dealkylation sites (tertiary alicyclic amines) is 1. The molecule has 29 heavy (non-hydrogen) atoms. The molecule has 0 radical (unpaired) electrons. The summed E-state index contributed by atoms with van der Waals surface area (Å²) in [6.45, 7) is 11.0. The molecule has 0 aliphatic carbocycles. The first kappa shape index (κ1) is 25.6. The number of nitrogens with zero attached hydrogens (tertiary/aromatic N) is 4. The van der Waals surface area contributed by atoms with Crippen molar-refractivity contribution >= 4 is 42.1 Å². The molecule has 0 bridgehead atoms. The number of carbonyl (C=O) groups excluding carboxylic acids is 1. The van der Waals surface area contributed by atoms with E-state index in [4.69, 9.17) is 5.73 Å². The zero-order valence-electron chi connectivity index (χ0n) is 17.6. The summed E-state index contributed by atoms with van der Waals surface area (Å²) in [7, 11) is 1.63. The van der Waals surface area contributed by atoms with Gasteiger partial charge in [-0.2, -0.15) is 5.10 Å². The quantitative estimate of drug-likeness (QED) is 0.741. The van der Waals surface area contributed by atoms with E-state index in [-0.39, 0.29) is 47.7 Å². The predicted molar refractivity (Wildman–Crippen MR) is 122 cm³/mol. The van der Waals surface area contributed by atoms with Crippen LogP contribution >= 0.6 is 36.2 Å². The molecule has 1 aliphatic heterocycles. The Morgan fingerprint density at radius 1 is 1.21 bits per heavy atom. The van der Waals surface area contributed by atoms with Crippen LogP contribution in [0.25, 0.3) is 10.6 Å². The number of hydrogen-bond acceptors (Lipinski definition) is 6. The molecule has 1 amide bonds. The third-order valence-electron chi connectivity index (χ3n) is 5.53. The van der Waals surface area contributed by atoms with Gasteiger partial charge in [-0.1, -0.05) is 13.8 Å². The smallest absolute Gasteiger partial charge is 0.277 e. The molecule has 1 unspecified atom stereocenters. The third-order valence-corrected chi connectivity index (χ3v) is 6.69. The van der Waals surface area contributed by atoms with Gasteiger partial charge in [-0.05, 0) is 38.2 Å². The second-order valence-corrected chi connectivity index (χ2v) is 9.06. The molecular formula is C19H29Cl2N5O2S. The molecule has 0 aromatic carbocycles. The van der Waals surface area contributed by atoms with Gasteiger partial charge in [0.25, 0.3) is 11.5 Å². The molecule has 2 aromatic heterocycles. The molecule has 1 fully saturated rings. The monoisotopic (exact) mass is 461 g/mol. The Morgan fingerprint density at radius 2 is 1.83 bits per heavy atom. The van der Waals surface area contributed by atoms with E-state index in [9.17, 15) is 9.59 Å². The Labute approximate surface area is 187 Å². The molecule has 3 rings (SSSR count).